The first kappa shape index (κ1) is 15.6. The van der Waals surface area contributed by atoms with Crippen molar-refractivity contribution < 1.29 is 14.6 Å². The number of hydrogen-bond acceptors (Lipinski definition) is 4. The van der Waals surface area contributed by atoms with Gasteiger partial charge in [0.2, 0.25) is 0 Å². The highest BCUT2D eigenvalue weighted by atomic mass is 32.2. The van der Waals surface area contributed by atoms with Crippen LogP contribution in [-0.2, 0) is 4.74 Å². The van der Waals surface area contributed by atoms with Gasteiger partial charge < -0.3 is 20.5 Å². The molecule has 120 valence electrons. The average Bonchev–Trinajstić information content (AvgIpc) is 2.97. The molecule has 1 atom stereocenters. The van der Waals surface area contributed by atoms with Crippen molar-refractivity contribution in [2.75, 3.05) is 32.1 Å². The quantitative estimate of drug-likeness (QED) is 0.792. The summed E-state index contributed by atoms with van der Waals surface area (Å²) < 4.78 is 5.34. The Bertz CT molecular complexity index is 532. The normalized spacial score (nSPS) is 22.9. The van der Waals surface area contributed by atoms with Crippen molar-refractivity contribution in [3.05, 3.63) is 29.8 Å². The first-order valence-electron chi connectivity index (χ1n) is 7.67. The number of urea groups is 1. The molecule has 0 aliphatic carbocycles. The highest BCUT2D eigenvalue weighted by Gasteiger charge is 2.33. The Morgan fingerprint density at radius 1 is 1.36 bits per heavy atom. The SMILES string of the molecule is O=C(NCC1(CO)CCOCC1)N[C@H]1CSc2ccccc21. The molecular formula is C16H22N2O3S. The molecule has 0 saturated carbocycles. The van der Waals surface area contributed by atoms with Crippen LogP contribution < -0.4 is 10.6 Å². The van der Waals surface area contributed by atoms with E-state index in [-0.39, 0.29) is 24.1 Å². The highest BCUT2D eigenvalue weighted by Crippen LogP contribution is 2.37. The molecule has 6 heteroatoms. The summed E-state index contributed by atoms with van der Waals surface area (Å²) in [6.07, 6.45) is 1.57. The van der Waals surface area contributed by atoms with E-state index >= 15 is 0 Å². The maximum atomic E-state index is 12.2. The van der Waals surface area contributed by atoms with Crippen LogP contribution in [0.25, 0.3) is 0 Å². The molecule has 0 spiro atoms. The Balaban J connectivity index is 1.53. The van der Waals surface area contributed by atoms with Crippen LogP contribution in [0, 0.1) is 5.41 Å². The minimum Gasteiger partial charge on any atom is -0.396 e. The number of carbonyl (C=O) groups excluding carboxylic acids is 1. The second-order valence-corrected chi connectivity index (χ2v) is 7.06. The van der Waals surface area contributed by atoms with Gasteiger partial charge in [0.25, 0.3) is 0 Å². The molecule has 5 nitrogen and oxygen atoms in total. The first-order valence-corrected chi connectivity index (χ1v) is 8.66. The lowest BCUT2D eigenvalue weighted by molar-refractivity contribution is -0.0139. The van der Waals surface area contributed by atoms with Crippen LogP contribution in [0.1, 0.15) is 24.4 Å². The van der Waals surface area contributed by atoms with Crippen LogP contribution in [0.5, 0.6) is 0 Å². The monoisotopic (exact) mass is 322 g/mol. The molecule has 0 aromatic heterocycles. The van der Waals surface area contributed by atoms with Gasteiger partial charge in [0.1, 0.15) is 0 Å². The lowest BCUT2D eigenvalue weighted by Gasteiger charge is -2.35. The zero-order valence-corrected chi connectivity index (χ0v) is 13.3. The lowest BCUT2D eigenvalue weighted by Crippen LogP contribution is -2.47. The zero-order chi connectivity index (χ0) is 15.4. The maximum absolute atomic E-state index is 12.2. The van der Waals surface area contributed by atoms with Crippen LogP contribution in [0.15, 0.2) is 29.2 Å². The Morgan fingerprint density at radius 3 is 2.91 bits per heavy atom. The van der Waals surface area contributed by atoms with Gasteiger partial charge in [-0.15, -0.1) is 11.8 Å². The summed E-state index contributed by atoms with van der Waals surface area (Å²) in [7, 11) is 0. The number of rotatable bonds is 4. The molecular weight excluding hydrogens is 300 g/mol. The third kappa shape index (κ3) is 3.39. The van der Waals surface area contributed by atoms with Gasteiger partial charge in [0.15, 0.2) is 0 Å². The number of aliphatic hydroxyl groups is 1. The zero-order valence-electron chi connectivity index (χ0n) is 12.5. The fraction of sp³-hybridized carbons (Fsp3) is 0.562. The van der Waals surface area contributed by atoms with E-state index < -0.39 is 0 Å². The van der Waals surface area contributed by atoms with Crippen molar-refractivity contribution in [2.45, 2.75) is 23.8 Å². The molecule has 0 unspecified atom stereocenters. The van der Waals surface area contributed by atoms with Gasteiger partial charge in [-0.2, -0.15) is 0 Å². The fourth-order valence-corrected chi connectivity index (χ4v) is 4.12. The number of ether oxygens (including phenoxy) is 1. The number of thioether (sulfide) groups is 1. The first-order chi connectivity index (χ1) is 10.7. The minimum atomic E-state index is -0.238. The molecule has 1 saturated heterocycles. The van der Waals surface area contributed by atoms with E-state index in [9.17, 15) is 9.90 Å². The smallest absolute Gasteiger partial charge is 0.315 e. The number of carbonyl (C=O) groups is 1. The highest BCUT2D eigenvalue weighted by molar-refractivity contribution is 7.99. The summed E-state index contributed by atoms with van der Waals surface area (Å²) in [5, 5.41) is 15.6. The Labute approximate surface area is 134 Å². The Morgan fingerprint density at radius 2 is 2.14 bits per heavy atom. The van der Waals surface area contributed by atoms with Gasteiger partial charge in [-0.25, -0.2) is 4.79 Å². The molecule has 3 N–H and O–H groups in total. The van der Waals surface area contributed by atoms with Crippen LogP contribution in [-0.4, -0.2) is 43.3 Å². The van der Waals surface area contributed by atoms with Gasteiger partial charge in [0, 0.05) is 35.8 Å². The number of amides is 2. The summed E-state index contributed by atoms with van der Waals surface area (Å²) in [5.41, 5.74) is 0.948. The summed E-state index contributed by atoms with van der Waals surface area (Å²) in [6, 6.07) is 8.06. The predicted octanol–water partition coefficient (Wildman–Crippen LogP) is 1.92. The van der Waals surface area contributed by atoms with Crippen molar-refractivity contribution >= 4 is 17.8 Å². The molecule has 2 aliphatic heterocycles. The van der Waals surface area contributed by atoms with E-state index in [0.29, 0.717) is 19.8 Å². The van der Waals surface area contributed by atoms with Crippen LogP contribution >= 0.6 is 11.8 Å². The topological polar surface area (TPSA) is 70.6 Å². The third-order valence-corrected chi connectivity index (χ3v) is 5.70. The maximum Gasteiger partial charge on any atom is 0.315 e. The molecule has 0 bridgehead atoms. The second-order valence-electron chi connectivity index (χ2n) is 6.00. The van der Waals surface area contributed by atoms with Crippen LogP contribution in [0.3, 0.4) is 0 Å². The number of fused-ring (bicyclic) bond motifs is 1. The molecule has 2 amide bonds. The second kappa shape index (κ2) is 6.89. The molecule has 2 heterocycles. The van der Waals surface area contributed by atoms with E-state index in [4.69, 9.17) is 4.74 Å². The van der Waals surface area contributed by atoms with Gasteiger partial charge in [-0.05, 0) is 24.5 Å². The molecule has 22 heavy (non-hydrogen) atoms. The Kier molecular flexibility index (Phi) is 4.90. The van der Waals surface area contributed by atoms with Crippen molar-refractivity contribution in [3.63, 3.8) is 0 Å². The molecule has 0 radical (unpaired) electrons. The average molecular weight is 322 g/mol. The number of aliphatic hydroxyl groups excluding tert-OH is 1. The van der Waals surface area contributed by atoms with E-state index in [0.717, 1.165) is 18.6 Å². The largest absolute Gasteiger partial charge is 0.396 e. The molecule has 3 rings (SSSR count). The lowest BCUT2D eigenvalue weighted by atomic mass is 9.81. The standard InChI is InChI=1S/C16H22N2O3S/c19-11-16(5-7-21-8-6-16)10-17-15(20)18-13-9-22-14-4-2-1-3-12(13)14/h1-4,13,19H,5-11H2,(H2,17,18,20)/t13-/m0/s1. The third-order valence-electron chi connectivity index (χ3n) is 4.52. The van der Waals surface area contributed by atoms with Gasteiger partial charge in [-0.3, -0.25) is 0 Å². The summed E-state index contributed by atoms with van der Waals surface area (Å²) in [6.45, 7) is 1.87. The number of nitrogens with one attached hydrogen (secondary N) is 2. The summed E-state index contributed by atoms with van der Waals surface area (Å²) >= 11 is 1.77. The van der Waals surface area contributed by atoms with Gasteiger partial charge in [-0.1, -0.05) is 18.2 Å². The van der Waals surface area contributed by atoms with Gasteiger partial charge in [0.05, 0.1) is 12.6 Å². The van der Waals surface area contributed by atoms with E-state index in [1.165, 1.54) is 10.5 Å². The van der Waals surface area contributed by atoms with Crippen molar-refractivity contribution in [1.82, 2.24) is 10.6 Å². The van der Waals surface area contributed by atoms with E-state index in [1.807, 2.05) is 12.1 Å². The summed E-state index contributed by atoms with van der Waals surface area (Å²) in [5.74, 6) is 0.867. The van der Waals surface area contributed by atoms with E-state index in [1.54, 1.807) is 11.8 Å². The van der Waals surface area contributed by atoms with Gasteiger partial charge >= 0.3 is 6.03 Å². The number of benzene rings is 1. The van der Waals surface area contributed by atoms with Crippen LogP contribution in [0.2, 0.25) is 0 Å². The molecule has 1 fully saturated rings. The van der Waals surface area contributed by atoms with E-state index in [2.05, 4.69) is 22.8 Å². The minimum absolute atomic E-state index is 0.0564. The molecule has 1 aromatic rings. The van der Waals surface area contributed by atoms with Crippen molar-refractivity contribution in [2.24, 2.45) is 5.41 Å². The predicted molar refractivity (Wildman–Crippen MR) is 86.0 cm³/mol. The Hall–Kier alpha value is -1.24. The van der Waals surface area contributed by atoms with Crippen molar-refractivity contribution in [3.8, 4) is 0 Å². The molecule has 1 aromatic carbocycles. The summed E-state index contributed by atoms with van der Waals surface area (Å²) in [4.78, 5) is 13.4. The molecule has 2 aliphatic rings. The fourth-order valence-electron chi connectivity index (χ4n) is 2.95. The van der Waals surface area contributed by atoms with Crippen molar-refractivity contribution in [1.29, 1.82) is 0 Å². The van der Waals surface area contributed by atoms with Crippen LogP contribution in [0.4, 0.5) is 4.79 Å². The number of hydrogen-bond donors (Lipinski definition) is 3.